The van der Waals surface area contributed by atoms with Gasteiger partial charge in [-0.2, -0.15) is 0 Å². The highest BCUT2D eigenvalue weighted by molar-refractivity contribution is 7.27. The lowest BCUT2D eigenvalue weighted by Gasteiger charge is -2.09. The van der Waals surface area contributed by atoms with Gasteiger partial charge in [0.2, 0.25) is 0 Å². The van der Waals surface area contributed by atoms with Crippen LogP contribution in [0.25, 0.3) is 184 Å². The second kappa shape index (κ2) is 18.3. The van der Waals surface area contributed by atoms with Gasteiger partial charge in [-0.15, -0.1) is 22.7 Å². The van der Waals surface area contributed by atoms with Crippen LogP contribution in [0.5, 0.6) is 0 Å². The van der Waals surface area contributed by atoms with Crippen molar-refractivity contribution in [3.05, 3.63) is 232 Å². The summed E-state index contributed by atoms with van der Waals surface area (Å²) >= 11 is 3.52. The van der Waals surface area contributed by atoms with Crippen LogP contribution in [0.15, 0.2) is 241 Å². The predicted molar refractivity (Wildman–Crippen MR) is 342 cm³/mol. The van der Waals surface area contributed by atoms with Gasteiger partial charge in [-0.25, -0.2) is 0 Å². The van der Waals surface area contributed by atoms with Crippen molar-refractivity contribution in [2.75, 3.05) is 0 Å². The zero-order valence-electron chi connectivity index (χ0n) is 44.2. The van der Waals surface area contributed by atoms with Crippen molar-refractivity contribution in [2.45, 2.75) is 0 Å². The molecule has 0 unspecified atom stereocenters. The summed E-state index contributed by atoms with van der Waals surface area (Å²) in [7, 11) is 0. The molecule has 0 N–H and O–H groups in total. The second-order valence-electron chi connectivity index (χ2n) is 21.1. The van der Waals surface area contributed by atoms with Crippen molar-refractivity contribution in [2.24, 2.45) is 0 Å². The molecule has 12 heteroatoms. The van der Waals surface area contributed by atoms with E-state index >= 15 is 0 Å². The van der Waals surface area contributed by atoms with Gasteiger partial charge >= 0.3 is 0 Å². The van der Waals surface area contributed by atoms with E-state index in [4.69, 9.17) is 48.7 Å². The summed E-state index contributed by atoms with van der Waals surface area (Å²) < 4.78 is 18.4. The second-order valence-corrected chi connectivity index (χ2v) is 23.2. The number of thiophene rings is 2. The molecule has 0 fully saturated rings. The Morgan fingerprint density at radius 1 is 0.274 bits per heavy atom. The van der Waals surface area contributed by atoms with Crippen LogP contribution < -0.4 is 0 Å². The number of aromatic nitrogens is 8. The van der Waals surface area contributed by atoms with Crippen LogP contribution >= 0.6 is 22.7 Å². The number of benzene rings is 6. The molecule has 0 aliphatic carbocycles. The number of hydrogen-bond acceptors (Lipinski definition) is 12. The first-order chi connectivity index (χ1) is 41.6. The quantitative estimate of drug-likeness (QED) is 0.152. The van der Waals surface area contributed by atoms with E-state index < -0.39 is 0 Å². The molecule has 0 saturated heterocycles. The predicted octanol–water partition coefficient (Wildman–Crippen LogP) is 19.4. The number of nitrogens with zero attached hydrogens (tertiary/aromatic N) is 8. The van der Waals surface area contributed by atoms with E-state index in [1.54, 1.807) is 22.7 Å². The number of hydrogen-bond donors (Lipinski definition) is 0. The van der Waals surface area contributed by atoms with Gasteiger partial charge in [-0.3, -0.25) is 39.9 Å². The molecule has 6 aromatic carbocycles. The van der Waals surface area contributed by atoms with Gasteiger partial charge in [-0.05, 0) is 83.1 Å². The van der Waals surface area contributed by atoms with Crippen molar-refractivity contribution in [1.82, 2.24) is 39.9 Å². The Morgan fingerprint density at radius 2 is 0.750 bits per heavy atom. The Kier molecular flexibility index (Phi) is 10.2. The van der Waals surface area contributed by atoms with Crippen molar-refractivity contribution >= 4 is 129 Å². The van der Waals surface area contributed by atoms with Gasteiger partial charge in [0, 0.05) is 183 Å². The molecule has 0 bridgehead atoms. The third-order valence-electron chi connectivity index (χ3n) is 16.4. The minimum atomic E-state index is 0.683. The Morgan fingerprint density at radius 3 is 1.40 bits per heavy atom. The lowest BCUT2D eigenvalue weighted by Crippen LogP contribution is -1.89. The SMILES string of the molecule is c1ccc2c(c1)ccc1c3nccc(-c4cncc(-c5cncc(-c6ccnc7c6oc6c8ccccc8cc(-c8cccc9c8sc8c(-c%10cncc(-c%11cncc(-c%12ccnc%13c%12sc%12ccccc%12%13)c%11)c%10)ccnc89)c76)c5)c4)c3oc21. The van der Waals surface area contributed by atoms with Crippen molar-refractivity contribution in [3.63, 3.8) is 0 Å². The normalized spacial score (nSPS) is 12.0. The molecular weight excluding hydrogens is 1070 g/mol. The summed E-state index contributed by atoms with van der Waals surface area (Å²) in [5.74, 6) is 0. The minimum absolute atomic E-state index is 0.683. The van der Waals surface area contributed by atoms with Crippen LogP contribution in [0, 0.1) is 0 Å². The van der Waals surface area contributed by atoms with Crippen molar-refractivity contribution in [1.29, 1.82) is 0 Å². The van der Waals surface area contributed by atoms with E-state index in [9.17, 15) is 0 Å². The maximum atomic E-state index is 7.15. The molecular formula is C72H38N8O2S2. The third-order valence-corrected chi connectivity index (χ3v) is 18.8. The molecule has 0 atom stereocenters. The van der Waals surface area contributed by atoms with Crippen LogP contribution in [-0.2, 0) is 0 Å². The summed E-state index contributed by atoms with van der Waals surface area (Å²) in [6, 6.07) is 55.1. The molecule has 18 aromatic rings. The first-order valence-corrected chi connectivity index (χ1v) is 29.1. The van der Waals surface area contributed by atoms with Crippen LogP contribution in [0.3, 0.4) is 0 Å². The molecule has 12 heterocycles. The highest BCUT2D eigenvalue weighted by atomic mass is 32.1. The Bertz CT molecular complexity index is 5800. The highest BCUT2D eigenvalue weighted by Gasteiger charge is 2.24. The Hall–Kier alpha value is -10.9. The van der Waals surface area contributed by atoms with Crippen LogP contribution in [-0.4, -0.2) is 39.9 Å². The van der Waals surface area contributed by atoms with Crippen LogP contribution in [0.1, 0.15) is 0 Å². The number of furan rings is 2. The fourth-order valence-electron chi connectivity index (χ4n) is 12.5. The lowest BCUT2D eigenvalue weighted by molar-refractivity contribution is 0.672. The fraction of sp³-hybridized carbons (Fsp3) is 0. The maximum absolute atomic E-state index is 7.15. The Balaban J connectivity index is 0.735. The molecule has 84 heavy (non-hydrogen) atoms. The van der Waals surface area contributed by atoms with Crippen molar-refractivity contribution < 1.29 is 8.83 Å². The molecule has 390 valence electrons. The van der Waals surface area contributed by atoms with Crippen LogP contribution in [0.2, 0.25) is 0 Å². The number of pyridine rings is 8. The zero-order valence-corrected chi connectivity index (χ0v) is 45.8. The van der Waals surface area contributed by atoms with Gasteiger partial charge in [0.25, 0.3) is 0 Å². The summed E-state index contributed by atoms with van der Waals surface area (Å²) in [6.07, 6.45) is 22.8. The van der Waals surface area contributed by atoms with E-state index in [1.165, 1.54) is 10.1 Å². The fourth-order valence-corrected chi connectivity index (χ4v) is 15.0. The molecule has 18 rings (SSSR count). The first kappa shape index (κ1) is 46.8. The van der Waals surface area contributed by atoms with Gasteiger partial charge in [0.1, 0.15) is 22.2 Å². The number of fused-ring (bicyclic) bond motifs is 16. The lowest BCUT2D eigenvalue weighted by atomic mass is 9.95. The molecule has 0 amide bonds. The van der Waals surface area contributed by atoms with Gasteiger partial charge in [0.15, 0.2) is 11.2 Å². The van der Waals surface area contributed by atoms with E-state index in [-0.39, 0.29) is 0 Å². The topological polar surface area (TPSA) is 129 Å². The molecule has 0 saturated carbocycles. The van der Waals surface area contributed by atoms with Gasteiger partial charge < -0.3 is 8.83 Å². The molecule has 12 aromatic heterocycles. The molecule has 10 nitrogen and oxygen atoms in total. The summed E-state index contributed by atoms with van der Waals surface area (Å²) in [5, 5.41) is 8.41. The maximum Gasteiger partial charge on any atom is 0.161 e. The largest absolute Gasteiger partial charge is 0.453 e. The zero-order chi connectivity index (χ0) is 55.0. The summed E-state index contributed by atoms with van der Waals surface area (Å²) in [6.45, 7) is 0. The van der Waals surface area contributed by atoms with Crippen molar-refractivity contribution in [3.8, 4) is 77.9 Å². The monoisotopic (exact) mass is 1110 g/mol. The third kappa shape index (κ3) is 7.14. The van der Waals surface area contributed by atoms with E-state index in [2.05, 4.69) is 133 Å². The standard InChI is InChI=1S/C72H38N8O2S2/c1-3-10-49-39(8-1)16-17-57-62-68(81-66(49)57)51(18-22-77-62)45-26-41(31-73-35-45)42-27-46(36-74-32-42)52-19-23-80-65-61-59(30-40-9-2-4-11-50(40)67(61)82-69(52)65)55-13-7-14-58-64-72(84-70(55)58)54(21-25-79-64)48-29-44(34-76-38-48)43-28-47(37-75-33-43)53-20-24-78-63-56-12-5-6-15-60(56)83-71(53)63/h1-38H. The van der Waals surface area contributed by atoms with Crippen LogP contribution in [0.4, 0.5) is 0 Å². The summed E-state index contributed by atoms with van der Waals surface area (Å²) in [4.78, 5) is 39.0. The average Bonchev–Trinajstić information content (AvgIpc) is 2.80. The Labute approximate surface area is 484 Å². The average molecular weight is 1110 g/mol. The van der Waals surface area contributed by atoms with E-state index in [1.807, 2.05) is 98.6 Å². The smallest absolute Gasteiger partial charge is 0.161 e. The minimum Gasteiger partial charge on any atom is -0.453 e. The highest BCUT2D eigenvalue weighted by Crippen LogP contribution is 2.49. The van der Waals surface area contributed by atoms with E-state index in [0.717, 1.165) is 169 Å². The van der Waals surface area contributed by atoms with Gasteiger partial charge in [0.05, 0.1) is 25.8 Å². The number of rotatable bonds is 7. The first-order valence-electron chi connectivity index (χ1n) is 27.4. The molecule has 0 aliphatic rings. The van der Waals surface area contributed by atoms with E-state index in [0.29, 0.717) is 5.58 Å². The molecule has 0 aliphatic heterocycles. The summed E-state index contributed by atoms with van der Waals surface area (Å²) in [5.41, 5.74) is 20.2. The molecule has 0 spiro atoms. The van der Waals surface area contributed by atoms with Gasteiger partial charge in [-0.1, -0.05) is 91.0 Å². The molecule has 0 radical (unpaired) electrons.